The summed E-state index contributed by atoms with van der Waals surface area (Å²) in [5, 5.41) is 7.76. The number of carbonyl (C=O) groups is 1. The lowest BCUT2D eigenvalue weighted by Crippen LogP contribution is -2.37. The molecule has 0 radical (unpaired) electrons. The molecule has 4 rings (SSSR count). The number of benzene rings is 2. The SMILES string of the molecule is CC(=O)Cc1ccc(/C(C)=N/Nc2nc(NCc3ccccc3)nc(N3CCOCC3)n2)cc1. The van der Waals surface area contributed by atoms with Gasteiger partial charge in [0.25, 0.3) is 0 Å². The number of hydrazone groups is 1. The van der Waals surface area contributed by atoms with Crippen molar-refractivity contribution in [3.8, 4) is 0 Å². The molecular weight excluding hydrogens is 430 g/mol. The maximum Gasteiger partial charge on any atom is 0.250 e. The Morgan fingerprint density at radius 3 is 2.35 bits per heavy atom. The third kappa shape index (κ3) is 6.58. The first-order valence-corrected chi connectivity index (χ1v) is 11.3. The molecule has 0 amide bonds. The van der Waals surface area contributed by atoms with E-state index in [2.05, 4.69) is 35.7 Å². The van der Waals surface area contributed by atoms with E-state index < -0.39 is 0 Å². The van der Waals surface area contributed by atoms with Gasteiger partial charge in [-0.2, -0.15) is 20.1 Å². The summed E-state index contributed by atoms with van der Waals surface area (Å²) < 4.78 is 5.46. The summed E-state index contributed by atoms with van der Waals surface area (Å²) in [6, 6.07) is 17.9. The number of anilines is 3. The van der Waals surface area contributed by atoms with Crippen LogP contribution in [0.25, 0.3) is 0 Å². The predicted molar refractivity (Wildman–Crippen MR) is 133 cm³/mol. The second kappa shape index (κ2) is 11.3. The molecule has 0 bridgehead atoms. The molecule has 2 N–H and O–H groups in total. The van der Waals surface area contributed by atoms with Crippen LogP contribution >= 0.6 is 0 Å². The fourth-order valence-electron chi connectivity index (χ4n) is 3.53. The summed E-state index contributed by atoms with van der Waals surface area (Å²) in [6.07, 6.45) is 0.433. The number of ketones is 1. The smallest absolute Gasteiger partial charge is 0.250 e. The van der Waals surface area contributed by atoms with E-state index in [1.54, 1.807) is 6.92 Å². The van der Waals surface area contributed by atoms with Crippen molar-refractivity contribution >= 4 is 29.3 Å². The zero-order valence-electron chi connectivity index (χ0n) is 19.5. The number of rotatable bonds is 9. The summed E-state index contributed by atoms with van der Waals surface area (Å²) in [6.45, 7) is 6.81. The Kier molecular flexibility index (Phi) is 7.77. The van der Waals surface area contributed by atoms with Crippen LogP contribution in [0.2, 0.25) is 0 Å². The molecule has 1 aromatic heterocycles. The number of hydrogen-bond acceptors (Lipinski definition) is 9. The predicted octanol–water partition coefficient (Wildman–Crippen LogP) is 3.29. The van der Waals surface area contributed by atoms with Gasteiger partial charge in [0.15, 0.2) is 0 Å². The molecule has 2 heterocycles. The van der Waals surface area contributed by atoms with Gasteiger partial charge < -0.3 is 15.0 Å². The molecule has 0 spiro atoms. The average molecular weight is 460 g/mol. The van der Waals surface area contributed by atoms with Gasteiger partial charge in [-0.3, -0.25) is 4.79 Å². The molecule has 1 aliphatic rings. The second-order valence-corrected chi connectivity index (χ2v) is 8.11. The monoisotopic (exact) mass is 459 g/mol. The summed E-state index contributed by atoms with van der Waals surface area (Å²) in [5.41, 5.74) is 6.83. The maximum absolute atomic E-state index is 11.3. The third-order valence-electron chi connectivity index (χ3n) is 5.36. The van der Waals surface area contributed by atoms with E-state index >= 15 is 0 Å². The Hall–Kier alpha value is -3.85. The van der Waals surface area contributed by atoms with E-state index in [0.29, 0.717) is 44.0 Å². The maximum atomic E-state index is 11.3. The molecule has 2 aromatic carbocycles. The van der Waals surface area contributed by atoms with Crippen LogP contribution in [0.4, 0.5) is 17.8 Å². The summed E-state index contributed by atoms with van der Waals surface area (Å²) in [7, 11) is 0. The number of hydrogen-bond donors (Lipinski definition) is 2. The Bertz CT molecular complexity index is 1130. The first kappa shape index (κ1) is 23.3. The van der Waals surface area contributed by atoms with Crippen LogP contribution in [-0.4, -0.2) is 52.8 Å². The van der Waals surface area contributed by atoms with E-state index in [9.17, 15) is 4.79 Å². The highest BCUT2D eigenvalue weighted by atomic mass is 16.5. The van der Waals surface area contributed by atoms with E-state index in [0.717, 1.165) is 35.5 Å². The first-order chi connectivity index (χ1) is 16.6. The van der Waals surface area contributed by atoms with Crippen molar-refractivity contribution in [3.63, 3.8) is 0 Å². The zero-order chi connectivity index (χ0) is 23.8. The topological polar surface area (TPSA) is 105 Å². The summed E-state index contributed by atoms with van der Waals surface area (Å²) >= 11 is 0. The highest BCUT2D eigenvalue weighted by molar-refractivity contribution is 5.99. The minimum atomic E-state index is 0.141. The van der Waals surface area contributed by atoms with Crippen LogP contribution in [0.3, 0.4) is 0 Å². The number of ether oxygens (including phenoxy) is 1. The highest BCUT2D eigenvalue weighted by Crippen LogP contribution is 2.16. The van der Waals surface area contributed by atoms with E-state index in [1.165, 1.54) is 0 Å². The number of aromatic nitrogens is 3. The van der Waals surface area contributed by atoms with Crippen molar-refractivity contribution in [2.75, 3.05) is 41.9 Å². The van der Waals surface area contributed by atoms with Gasteiger partial charge in [-0.1, -0.05) is 54.6 Å². The minimum Gasteiger partial charge on any atom is -0.378 e. The van der Waals surface area contributed by atoms with E-state index in [-0.39, 0.29) is 5.78 Å². The quantitative estimate of drug-likeness (QED) is 0.371. The van der Waals surface area contributed by atoms with Crippen LogP contribution in [0.1, 0.15) is 30.5 Å². The Labute approximate surface area is 199 Å². The molecule has 0 unspecified atom stereocenters. The van der Waals surface area contributed by atoms with Gasteiger partial charge in [-0.15, -0.1) is 0 Å². The zero-order valence-corrected chi connectivity index (χ0v) is 19.5. The summed E-state index contributed by atoms with van der Waals surface area (Å²) in [5.74, 6) is 1.56. The van der Waals surface area contributed by atoms with Crippen molar-refractivity contribution in [1.29, 1.82) is 0 Å². The lowest BCUT2D eigenvalue weighted by molar-refractivity contribution is -0.116. The van der Waals surface area contributed by atoms with Crippen LogP contribution in [0, 0.1) is 0 Å². The van der Waals surface area contributed by atoms with E-state index in [4.69, 9.17) is 4.74 Å². The highest BCUT2D eigenvalue weighted by Gasteiger charge is 2.16. The second-order valence-electron chi connectivity index (χ2n) is 8.11. The van der Waals surface area contributed by atoms with Gasteiger partial charge in [-0.05, 0) is 30.5 Å². The average Bonchev–Trinajstić information content (AvgIpc) is 2.87. The number of Topliss-reactive ketones (excluding diaryl/α,β-unsaturated/α-hetero) is 1. The number of carbonyl (C=O) groups excluding carboxylic acids is 1. The lowest BCUT2D eigenvalue weighted by atomic mass is 10.1. The van der Waals surface area contributed by atoms with Crippen molar-refractivity contribution in [2.45, 2.75) is 26.8 Å². The van der Waals surface area contributed by atoms with Gasteiger partial charge >= 0.3 is 0 Å². The molecule has 176 valence electrons. The largest absolute Gasteiger partial charge is 0.378 e. The third-order valence-corrected chi connectivity index (χ3v) is 5.36. The van der Waals surface area contributed by atoms with Crippen molar-refractivity contribution < 1.29 is 9.53 Å². The van der Waals surface area contributed by atoms with Crippen molar-refractivity contribution in [3.05, 3.63) is 71.3 Å². The van der Waals surface area contributed by atoms with Crippen molar-refractivity contribution in [2.24, 2.45) is 5.10 Å². The Balaban J connectivity index is 1.51. The molecule has 3 aromatic rings. The first-order valence-electron chi connectivity index (χ1n) is 11.3. The normalized spacial score (nSPS) is 14.1. The van der Waals surface area contributed by atoms with Crippen LogP contribution in [0.5, 0.6) is 0 Å². The van der Waals surface area contributed by atoms with Gasteiger partial charge in [0.1, 0.15) is 5.78 Å². The molecule has 1 fully saturated rings. The Morgan fingerprint density at radius 2 is 1.65 bits per heavy atom. The molecule has 34 heavy (non-hydrogen) atoms. The molecule has 9 nitrogen and oxygen atoms in total. The lowest BCUT2D eigenvalue weighted by Gasteiger charge is -2.27. The van der Waals surface area contributed by atoms with Crippen LogP contribution < -0.4 is 15.6 Å². The van der Waals surface area contributed by atoms with Gasteiger partial charge in [0.2, 0.25) is 17.8 Å². The van der Waals surface area contributed by atoms with Crippen molar-refractivity contribution in [1.82, 2.24) is 15.0 Å². The Morgan fingerprint density at radius 1 is 0.941 bits per heavy atom. The fourth-order valence-corrected chi connectivity index (χ4v) is 3.53. The summed E-state index contributed by atoms with van der Waals surface area (Å²) in [4.78, 5) is 27.1. The standard InChI is InChI=1S/C25H29N7O2/c1-18(33)16-20-8-10-22(11-9-20)19(2)30-31-24-27-23(26-17-21-6-4-3-5-7-21)28-25(29-24)32-12-14-34-15-13-32/h3-11H,12-17H2,1-2H3,(H2,26,27,28,29,31)/b30-19+. The minimum absolute atomic E-state index is 0.141. The number of morpholine rings is 1. The number of nitrogens with zero attached hydrogens (tertiary/aromatic N) is 5. The molecular formula is C25H29N7O2. The molecule has 1 saturated heterocycles. The van der Waals surface area contributed by atoms with Crippen LogP contribution in [-0.2, 0) is 22.5 Å². The molecule has 0 aliphatic carbocycles. The molecule has 9 heteroatoms. The molecule has 1 aliphatic heterocycles. The number of nitrogens with one attached hydrogen (secondary N) is 2. The van der Waals surface area contributed by atoms with Gasteiger partial charge in [-0.25, -0.2) is 5.43 Å². The van der Waals surface area contributed by atoms with Gasteiger partial charge in [0.05, 0.1) is 18.9 Å². The molecule has 0 saturated carbocycles. The molecule has 0 atom stereocenters. The van der Waals surface area contributed by atoms with Gasteiger partial charge in [0, 0.05) is 26.1 Å². The fraction of sp³-hybridized carbons (Fsp3) is 0.320. The van der Waals surface area contributed by atoms with Crippen LogP contribution in [0.15, 0.2) is 59.7 Å². The van der Waals surface area contributed by atoms with E-state index in [1.807, 2.05) is 61.5 Å².